The van der Waals surface area contributed by atoms with Crippen molar-refractivity contribution in [3.8, 4) is 0 Å². The van der Waals surface area contributed by atoms with Gasteiger partial charge in [-0.3, -0.25) is 0 Å². The third-order valence-corrected chi connectivity index (χ3v) is 3.59. The molecule has 0 atom stereocenters. The maximum Gasteiger partial charge on any atom is 0.339 e. The Kier molecular flexibility index (Phi) is 4.14. The van der Waals surface area contributed by atoms with Crippen molar-refractivity contribution in [1.82, 2.24) is 4.98 Å². The van der Waals surface area contributed by atoms with Crippen LogP contribution in [0.25, 0.3) is 0 Å². The third-order valence-electron chi connectivity index (χ3n) is 3.15. The Morgan fingerprint density at radius 1 is 1.59 bits per heavy atom. The zero-order valence-corrected chi connectivity index (χ0v) is 12.1. The largest absolute Gasteiger partial charge is 0.478 e. The molecular formula is C12H17BrN2O2. The summed E-state index contributed by atoms with van der Waals surface area (Å²) in [5.74, 6) is -0.472. The topological polar surface area (TPSA) is 53.4 Å². The van der Waals surface area contributed by atoms with Crippen molar-refractivity contribution in [3.05, 3.63) is 22.3 Å². The molecule has 1 aromatic rings. The fourth-order valence-electron chi connectivity index (χ4n) is 1.38. The van der Waals surface area contributed by atoms with E-state index < -0.39 is 5.97 Å². The first-order chi connectivity index (χ1) is 7.79. The van der Waals surface area contributed by atoms with Crippen LogP contribution in [0.15, 0.2) is 16.7 Å². The van der Waals surface area contributed by atoms with Crippen LogP contribution in [-0.2, 0) is 0 Å². The molecule has 0 radical (unpaired) electrons. The molecule has 0 bridgehead atoms. The van der Waals surface area contributed by atoms with E-state index in [1.807, 2.05) is 11.9 Å². The summed E-state index contributed by atoms with van der Waals surface area (Å²) in [5.41, 5.74) is 0.0776. The van der Waals surface area contributed by atoms with E-state index in [9.17, 15) is 9.90 Å². The molecule has 0 aliphatic heterocycles. The maximum absolute atomic E-state index is 11.2. The highest BCUT2D eigenvalue weighted by molar-refractivity contribution is 9.10. The van der Waals surface area contributed by atoms with E-state index in [2.05, 4.69) is 41.7 Å². The molecule has 17 heavy (non-hydrogen) atoms. The Morgan fingerprint density at radius 3 is 2.65 bits per heavy atom. The molecule has 0 aliphatic rings. The number of anilines is 1. The Morgan fingerprint density at radius 2 is 2.18 bits per heavy atom. The molecule has 1 heterocycles. The third kappa shape index (κ3) is 2.97. The summed E-state index contributed by atoms with van der Waals surface area (Å²) in [6, 6.07) is 1.58. The predicted molar refractivity (Wildman–Crippen MR) is 71.7 cm³/mol. The van der Waals surface area contributed by atoms with E-state index in [0.717, 1.165) is 6.42 Å². The van der Waals surface area contributed by atoms with Crippen LogP contribution in [0, 0.1) is 0 Å². The maximum atomic E-state index is 11.2. The molecule has 1 rings (SSSR count). The van der Waals surface area contributed by atoms with Crippen LogP contribution in [0.3, 0.4) is 0 Å². The molecule has 0 saturated heterocycles. The number of hydrogen-bond acceptors (Lipinski definition) is 3. The second-order valence-corrected chi connectivity index (χ2v) is 5.47. The zero-order valence-electron chi connectivity index (χ0n) is 10.5. The van der Waals surface area contributed by atoms with Gasteiger partial charge in [0.25, 0.3) is 0 Å². The van der Waals surface area contributed by atoms with Crippen molar-refractivity contribution in [3.63, 3.8) is 0 Å². The van der Waals surface area contributed by atoms with E-state index in [-0.39, 0.29) is 11.1 Å². The van der Waals surface area contributed by atoms with Gasteiger partial charge in [0.05, 0.1) is 0 Å². The number of aromatic carboxylic acids is 1. The predicted octanol–water partition coefficient (Wildman–Crippen LogP) is 3.17. The Bertz CT molecular complexity index is 433. The smallest absolute Gasteiger partial charge is 0.339 e. The van der Waals surface area contributed by atoms with Crippen LogP contribution >= 0.6 is 15.9 Å². The van der Waals surface area contributed by atoms with Crippen LogP contribution in [0.2, 0.25) is 0 Å². The van der Waals surface area contributed by atoms with Gasteiger partial charge in [-0.05, 0) is 42.3 Å². The molecule has 1 N–H and O–H groups in total. The van der Waals surface area contributed by atoms with E-state index in [1.54, 1.807) is 12.3 Å². The summed E-state index contributed by atoms with van der Waals surface area (Å²) in [6.45, 7) is 6.18. The molecule has 5 heteroatoms. The molecule has 94 valence electrons. The Hall–Kier alpha value is -1.10. The zero-order chi connectivity index (χ0) is 13.2. The summed E-state index contributed by atoms with van der Waals surface area (Å²) in [6.07, 6.45) is 2.52. The molecule has 4 nitrogen and oxygen atoms in total. The number of hydrogen-bond donors (Lipinski definition) is 1. The first-order valence-electron chi connectivity index (χ1n) is 5.42. The average molecular weight is 301 g/mol. The minimum atomic E-state index is -0.965. The lowest BCUT2D eigenvalue weighted by Gasteiger charge is -2.36. The van der Waals surface area contributed by atoms with Gasteiger partial charge < -0.3 is 10.0 Å². The van der Waals surface area contributed by atoms with Gasteiger partial charge in [-0.2, -0.15) is 0 Å². The summed E-state index contributed by atoms with van der Waals surface area (Å²) in [7, 11) is 1.87. The Labute approximate surface area is 110 Å². The normalized spacial score (nSPS) is 11.4. The van der Waals surface area contributed by atoms with Crippen LogP contribution in [0.1, 0.15) is 37.6 Å². The van der Waals surface area contributed by atoms with Gasteiger partial charge in [-0.1, -0.05) is 6.92 Å². The number of halogens is 1. The second-order valence-electron chi connectivity index (χ2n) is 4.55. The second kappa shape index (κ2) is 5.04. The first kappa shape index (κ1) is 14.0. The fourth-order valence-corrected chi connectivity index (χ4v) is 1.71. The summed E-state index contributed by atoms with van der Waals surface area (Å²) < 4.78 is 0.668. The number of aromatic nitrogens is 1. The molecule has 0 unspecified atom stereocenters. The summed E-state index contributed by atoms with van der Waals surface area (Å²) in [4.78, 5) is 17.3. The molecule has 0 amide bonds. The minimum absolute atomic E-state index is 0.134. The molecule has 0 aromatic carbocycles. The molecular weight excluding hydrogens is 284 g/mol. The van der Waals surface area contributed by atoms with E-state index in [0.29, 0.717) is 10.3 Å². The van der Waals surface area contributed by atoms with Gasteiger partial charge in [0.2, 0.25) is 0 Å². The van der Waals surface area contributed by atoms with Crippen molar-refractivity contribution in [2.24, 2.45) is 0 Å². The average Bonchev–Trinajstić information content (AvgIpc) is 2.28. The summed E-state index contributed by atoms with van der Waals surface area (Å²) in [5, 5.41) is 9.19. The van der Waals surface area contributed by atoms with Gasteiger partial charge in [-0.15, -0.1) is 0 Å². The number of carboxylic acids is 1. The lowest BCUT2D eigenvalue weighted by molar-refractivity contribution is 0.0697. The van der Waals surface area contributed by atoms with Gasteiger partial charge in [-0.25, -0.2) is 9.78 Å². The van der Waals surface area contributed by atoms with E-state index >= 15 is 0 Å². The number of nitrogens with zero attached hydrogens (tertiary/aromatic N) is 2. The monoisotopic (exact) mass is 300 g/mol. The van der Waals surface area contributed by atoms with Crippen molar-refractivity contribution in [2.75, 3.05) is 11.9 Å². The van der Waals surface area contributed by atoms with Gasteiger partial charge >= 0.3 is 5.97 Å². The van der Waals surface area contributed by atoms with Crippen molar-refractivity contribution in [2.45, 2.75) is 32.7 Å². The van der Waals surface area contributed by atoms with E-state index in [4.69, 9.17) is 0 Å². The quantitative estimate of drug-likeness (QED) is 0.928. The lowest BCUT2D eigenvalue weighted by atomic mass is 9.99. The van der Waals surface area contributed by atoms with Crippen LogP contribution in [0.4, 0.5) is 5.82 Å². The van der Waals surface area contributed by atoms with Crippen LogP contribution in [-0.4, -0.2) is 28.6 Å². The van der Waals surface area contributed by atoms with E-state index in [1.165, 1.54) is 0 Å². The lowest BCUT2D eigenvalue weighted by Crippen LogP contribution is -2.41. The fraction of sp³-hybridized carbons (Fsp3) is 0.500. The summed E-state index contributed by atoms with van der Waals surface area (Å²) >= 11 is 3.24. The highest BCUT2D eigenvalue weighted by atomic mass is 79.9. The van der Waals surface area contributed by atoms with Crippen molar-refractivity contribution in [1.29, 1.82) is 0 Å². The molecule has 0 fully saturated rings. The van der Waals surface area contributed by atoms with Gasteiger partial charge in [0.1, 0.15) is 11.4 Å². The van der Waals surface area contributed by atoms with Gasteiger partial charge in [0.15, 0.2) is 0 Å². The highest BCUT2D eigenvalue weighted by Crippen LogP contribution is 2.27. The SMILES string of the molecule is CCC(C)(C)N(C)c1ncc(Br)cc1C(=O)O. The number of carboxylic acid groups (broad SMARTS) is 1. The van der Waals surface area contributed by atoms with Crippen LogP contribution in [0.5, 0.6) is 0 Å². The standard InChI is InChI=1S/C12H17BrN2O2/c1-5-12(2,3)15(4)10-9(11(16)17)6-8(13)7-14-10/h6-7H,5H2,1-4H3,(H,16,17). The molecule has 0 saturated carbocycles. The molecule has 0 spiro atoms. The van der Waals surface area contributed by atoms with Crippen molar-refractivity contribution < 1.29 is 9.90 Å². The van der Waals surface area contributed by atoms with Crippen LogP contribution < -0.4 is 4.90 Å². The van der Waals surface area contributed by atoms with Crippen molar-refractivity contribution >= 4 is 27.7 Å². The number of pyridine rings is 1. The Balaban J connectivity index is 3.26. The molecule has 1 aromatic heterocycles. The highest BCUT2D eigenvalue weighted by Gasteiger charge is 2.26. The van der Waals surface area contributed by atoms with Gasteiger partial charge in [0, 0.05) is 23.3 Å². The number of rotatable bonds is 4. The minimum Gasteiger partial charge on any atom is -0.478 e. The number of carbonyl (C=O) groups is 1. The first-order valence-corrected chi connectivity index (χ1v) is 6.21. The molecule has 0 aliphatic carbocycles.